The molecule has 49 heavy (non-hydrogen) atoms. The Kier molecular flexibility index (Phi) is 13.2. The van der Waals surface area contributed by atoms with Crippen molar-refractivity contribution in [3.63, 3.8) is 0 Å². The Morgan fingerprint density at radius 2 is 1.69 bits per heavy atom. The predicted molar refractivity (Wildman–Crippen MR) is 177 cm³/mol. The third kappa shape index (κ3) is 12.3. The molecule has 0 radical (unpaired) electrons. The lowest BCUT2D eigenvalue weighted by Gasteiger charge is -2.31. The number of benzene rings is 1. The van der Waals surface area contributed by atoms with Crippen molar-refractivity contribution >= 4 is 23.8 Å². The normalized spacial score (nSPS) is 16.2. The van der Waals surface area contributed by atoms with Gasteiger partial charge in [0, 0.05) is 31.2 Å². The minimum Gasteiger partial charge on any atom is -0.444 e. The Labute approximate surface area is 285 Å². The molecular formula is C33H48N10O6. The van der Waals surface area contributed by atoms with Crippen LogP contribution in [0.4, 0.5) is 4.79 Å². The van der Waals surface area contributed by atoms with Crippen LogP contribution in [0.2, 0.25) is 0 Å². The number of ether oxygens (including phenoxy) is 1. The molecule has 1 aromatic carbocycles. The number of rotatable bonds is 16. The van der Waals surface area contributed by atoms with Crippen LogP contribution in [0.1, 0.15) is 76.4 Å². The van der Waals surface area contributed by atoms with Gasteiger partial charge in [0.2, 0.25) is 17.7 Å². The van der Waals surface area contributed by atoms with Crippen LogP contribution >= 0.6 is 0 Å². The molecule has 0 unspecified atom stereocenters. The van der Waals surface area contributed by atoms with Gasteiger partial charge in [-0.05, 0) is 49.1 Å². The number of tetrazole rings is 1. The molecule has 266 valence electrons. The van der Waals surface area contributed by atoms with E-state index in [9.17, 15) is 24.3 Å². The molecule has 0 saturated heterocycles. The zero-order chi connectivity index (χ0) is 35.4. The number of amides is 4. The van der Waals surface area contributed by atoms with Crippen LogP contribution < -0.4 is 21.7 Å². The third-order valence-corrected chi connectivity index (χ3v) is 8.31. The molecule has 2 aromatic heterocycles. The minimum atomic E-state index is -1.12. The first-order valence-electron chi connectivity index (χ1n) is 16.7. The fourth-order valence-corrected chi connectivity index (χ4v) is 5.95. The second kappa shape index (κ2) is 17.5. The van der Waals surface area contributed by atoms with Crippen LogP contribution in [0.3, 0.4) is 0 Å². The lowest BCUT2D eigenvalue weighted by Crippen LogP contribution is -2.58. The maximum atomic E-state index is 14.1. The maximum Gasteiger partial charge on any atom is 0.408 e. The first-order chi connectivity index (χ1) is 23.4. The number of imidazole rings is 1. The molecule has 2 heterocycles. The number of primary amides is 1. The Bertz CT molecular complexity index is 1500. The molecule has 4 rings (SSSR count). The summed E-state index contributed by atoms with van der Waals surface area (Å²) in [4.78, 5) is 59.3. The zero-order valence-electron chi connectivity index (χ0n) is 28.3. The van der Waals surface area contributed by atoms with Crippen LogP contribution in [0.25, 0.3) is 0 Å². The van der Waals surface area contributed by atoms with Crippen LogP contribution in [0.15, 0.2) is 42.9 Å². The van der Waals surface area contributed by atoms with Gasteiger partial charge in [-0.25, -0.2) is 14.5 Å². The van der Waals surface area contributed by atoms with Crippen molar-refractivity contribution in [2.45, 2.75) is 115 Å². The van der Waals surface area contributed by atoms with Crippen molar-refractivity contribution < 1.29 is 29.0 Å². The Morgan fingerprint density at radius 3 is 2.35 bits per heavy atom. The molecule has 1 fully saturated rings. The molecule has 4 atom stereocenters. The minimum absolute atomic E-state index is 0.0471. The second-order valence-electron chi connectivity index (χ2n) is 13.6. The predicted octanol–water partition coefficient (Wildman–Crippen LogP) is 1.10. The first kappa shape index (κ1) is 37.0. The van der Waals surface area contributed by atoms with Crippen molar-refractivity contribution in [3.8, 4) is 0 Å². The number of H-pyrrole nitrogens is 1. The Morgan fingerprint density at radius 1 is 1.00 bits per heavy atom. The van der Waals surface area contributed by atoms with Gasteiger partial charge in [-0.3, -0.25) is 14.4 Å². The number of aromatic nitrogens is 6. The van der Waals surface area contributed by atoms with Gasteiger partial charge in [-0.1, -0.05) is 62.4 Å². The largest absolute Gasteiger partial charge is 0.444 e. The molecular weight excluding hydrogens is 632 g/mol. The smallest absolute Gasteiger partial charge is 0.408 e. The molecule has 0 aliphatic heterocycles. The fourth-order valence-electron chi connectivity index (χ4n) is 5.95. The van der Waals surface area contributed by atoms with Gasteiger partial charge in [0.25, 0.3) is 0 Å². The third-order valence-electron chi connectivity index (χ3n) is 8.31. The van der Waals surface area contributed by atoms with E-state index in [1.165, 1.54) is 11.0 Å². The topological polar surface area (TPSA) is 232 Å². The molecule has 4 amide bonds. The van der Waals surface area contributed by atoms with E-state index in [2.05, 4.69) is 41.4 Å². The van der Waals surface area contributed by atoms with Gasteiger partial charge in [-0.15, -0.1) is 5.10 Å². The molecule has 16 heteroatoms. The van der Waals surface area contributed by atoms with Crippen molar-refractivity contribution in [1.29, 1.82) is 0 Å². The molecule has 0 spiro atoms. The Balaban J connectivity index is 1.55. The number of nitrogens with two attached hydrogens (primary N) is 1. The number of aliphatic hydroxyl groups is 1. The molecule has 0 bridgehead atoms. The number of alkyl carbamates (subject to hydrolysis) is 1. The van der Waals surface area contributed by atoms with E-state index in [4.69, 9.17) is 10.5 Å². The Hall–Kier alpha value is -4.86. The number of hydrogen-bond acceptors (Lipinski definition) is 10. The first-order valence-corrected chi connectivity index (χ1v) is 16.7. The van der Waals surface area contributed by atoms with E-state index in [0.29, 0.717) is 12.1 Å². The van der Waals surface area contributed by atoms with E-state index in [0.717, 1.165) is 37.7 Å². The highest BCUT2D eigenvalue weighted by Crippen LogP contribution is 2.28. The summed E-state index contributed by atoms with van der Waals surface area (Å²) in [6.07, 6.45) is 6.97. The number of carbonyl (C=O) groups is 4. The highest BCUT2D eigenvalue weighted by Gasteiger charge is 2.33. The highest BCUT2D eigenvalue weighted by molar-refractivity contribution is 5.91. The maximum absolute atomic E-state index is 14.1. The summed E-state index contributed by atoms with van der Waals surface area (Å²) >= 11 is 0. The summed E-state index contributed by atoms with van der Waals surface area (Å²) < 4.78 is 6.64. The number of nitrogens with zero attached hydrogens (tertiary/aromatic N) is 5. The van der Waals surface area contributed by atoms with Crippen molar-refractivity contribution in [3.05, 3.63) is 59.9 Å². The lowest BCUT2D eigenvalue weighted by atomic mass is 9.83. The van der Waals surface area contributed by atoms with Crippen LogP contribution in [0, 0.1) is 5.92 Å². The van der Waals surface area contributed by atoms with Gasteiger partial charge in [0.15, 0.2) is 5.82 Å². The molecule has 16 nitrogen and oxygen atoms in total. The quantitative estimate of drug-likeness (QED) is 0.126. The summed E-state index contributed by atoms with van der Waals surface area (Å²) in [7, 11) is 0. The number of aliphatic hydroxyl groups excluding tert-OH is 1. The number of carbonyl (C=O) groups excluding carboxylic acids is 4. The molecule has 1 saturated carbocycles. The molecule has 7 N–H and O–H groups in total. The average Bonchev–Trinajstić information content (AvgIpc) is 3.72. The van der Waals surface area contributed by atoms with E-state index in [1.54, 1.807) is 27.0 Å². The van der Waals surface area contributed by atoms with Gasteiger partial charge in [-0.2, -0.15) is 0 Å². The lowest BCUT2D eigenvalue weighted by molar-refractivity contribution is -0.131. The van der Waals surface area contributed by atoms with Gasteiger partial charge >= 0.3 is 6.09 Å². The van der Waals surface area contributed by atoms with E-state index < -0.39 is 53.6 Å². The molecule has 1 aliphatic rings. The van der Waals surface area contributed by atoms with E-state index >= 15 is 0 Å². The number of aromatic amines is 1. The summed E-state index contributed by atoms with van der Waals surface area (Å²) in [5.41, 5.74) is 5.93. The van der Waals surface area contributed by atoms with Gasteiger partial charge in [0.05, 0.1) is 18.5 Å². The monoisotopic (exact) mass is 680 g/mol. The SMILES string of the molecule is CC(C)(C)OC(=O)N[C@@H](Cc1ccccc1)C(=O)N[C@@H](Cc1cnc[nH]1)C(=O)N[C@@H](CC1CCCCC1)[C@@H](O)Cc1nnnn1CC(N)=O. The van der Waals surface area contributed by atoms with Crippen LogP contribution in [0.5, 0.6) is 0 Å². The summed E-state index contributed by atoms with van der Waals surface area (Å²) in [5.74, 6) is -1.25. The summed E-state index contributed by atoms with van der Waals surface area (Å²) in [5, 5.41) is 31.3. The van der Waals surface area contributed by atoms with Crippen LogP contribution in [-0.4, -0.2) is 88.9 Å². The van der Waals surface area contributed by atoms with Gasteiger partial charge in [0.1, 0.15) is 24.2 Å². The average molecular weight is 681 g/mol. The van der Waals surface area contributed by atoms with Crippen molar-refractivity contribution in [2.75, 3.05) is 0 Å². The molecule has 3 aromatic rings. The zero-order valence-corrected chi connectivity index (χ0v) is 28.3. The van der Waals surface area contributed by atoms with E-state index in [-0.39, 0.29) is 37.5 Å². The number of hydrogen-bond donors (Lipinski definition) is 6. The standard InChI is InChI=1S/C33H48N10O6/c1-33(2,3)49-32(48)39-25(15-22-12-8-5-9-13-22)30(46)38-26(16-23-18-35-20-36-23)31(47)37-24(14-21-10-6-4-7-11-21)27(44)17-29-40-41-42-43(29)19-28(34)45/h5,8-9,12-13,18,20-21,24-27,44H,4,6-7,10-11,14-17,19H2,1-3H3,(H2,34,45)(H,35,36)(H,37,47)(H,38,46)(H,39,48)/t24-,25-,26-,27-/m0/s1. The highest BCUT2D eigenvalue weighted by atomic mass is 16.6. The summed E-state index contributed by atoms with van der Waals surface area (Å²) in [6, 6.07) is 6.28. The molecule has 1 aliphatic carbocycles. The van der Waals surface area contributed by atoms with Gasteiger partial charge < -0.3 is 36.5 Å². The van der Waals surface area contributed by atoms with Crippen molar-refractivity contribution in [2.24, 2.45) is 11.7 Å². The number of nitrogens with one attached hydrogen (secondary N) is 4. The van der Waals surface area contributed by atoms with Crippen molar-refractivity contribution in [1.82, 2.24) is 46.1 Å². The second-order valence-corrected chi connectivity index (χ2v) is 13.6. The van der Waals surface area contributed by atoms with E-state index in [1.807, 2.05) is 30.3 Å². The summed E-state index contributed by atoms with van der Waals surface area (Å²) in [6.45, 7) is 4.91. The van der Waals surface area contributed by atoms with Crippen LogP contribution in [-0.2, 0) is 44.9 Å². The fraction of sp³-hybridized carbons (Fsp3) is 0.576.